The minimum Gasteiger partial charge on any atom is -0.143 e. The molecule has 0 nitrogen and oxygen atoms in total. The van der Waals surface area contributed by atoms with E-state index in [1.807, 2.05) is 22.7 Å². The summed E-state index contributed by atoms with van der Waals surface area (Å²) in [6, 6.07) is 31.3. The lowest BCUT2D eigenvalue weighted by Gasteiger charge is -2.22. The molecule has 5 rings (SSSR count). The Hall–Kier alpha value is -2.51. The average Bonchev–Trinajstić information content (AvgIpc) is 3.54. The molecule has 0 aliphatic heterocycles. The number of allylic oxidation sites excluding steroid dienone is 2. The number of rotatable bonds is 5. The molecule has 0 unspecified atom stereocenters. The summed E-state index contributed by atoms with van der Waals surface area (Å²) in [5.74, 6) is 0. The molecule has 0 spiro atoms. The number of fused-ring (bicyclic) bond motifs is 1. The molecule has 0 fully saturated rings. The van der Waals surface area contributed by atoms with Gasteiger partial charge in [0.25, 0.3) is 0 Å². The van der Waals surface area contributed by atoms with E-state index in [-0.39, 0.29) is 0 Å². The summed E-state index contributed by atoms with van der Waals surface area (Å²) >= 11 is 3.74. The van der Waals surface area contributed by atoms with Gasteiger partial charge >= 0.3 is 0 Å². The Balaban J connectivity index is 1.84. The summed E-state index contributed by atoms with van der Waals surface area (Å²) in [7, 11) is -0.590. The van der Waals surface area contributed by atoms with Crippen molar-refractivity contribution < 1.29 is 0 Å². The lowest BCUT2D eigenvalue weighted by molar-refractivity contribution is 1.55. The van der Waals surface area contributed by atoms with Gasteiger partial charge in [-0.15, -0.1) is 22.7 Å². The molecule has 0 saturated heterocycles. The molecule has 0 aliphatic rings. The zero-order valence-electron chi connectivity index (χ0n) is 17.6. The first-order valence-electron chi connectivity index (χ1n) is 10.4. The molecule has 0 bridgehead atoms. The molecule has 0 N–H and O–H groups in total. The van der Waals surface area contributed by atoms with Crippen LogP contribution in [0.1, 0.15) is 19.4 Å². The fourth-order valence-corrected chi connectivity index (χ4v) is 9.36. The van der Waals surface area contributed by atoms with Crippen molar-refractivity contribution in [3.05, 3.63) is 107 Å². The van der Waals surface area contributed by atoms with E-state index < -0.39 is 7.92 Å². The highest BCUT2D eigenvalue weighted by atomic mass is 32.1. The fraction of sp³-hybridized carbons (Fsp3) is 0.0714. The molecular weight excluding hydrogens is 431 g/mol. The molecule has 3 heteroatoms. The number of hydrogen-bond acceptors (Lipinski definition) is 2. The third-order valence-electron chi connectivity index (χ3n) is 5.65. The van der Waals surface area contributed by atoms with Crippen LogP contribution in [-0.4, -0.2) is 0 Å². The second-order valence-electron chi connectivity index (χ2n) is 7.44. The fourth-order valence-electron chi connectivity index (χ4n) is 4.07. The standard InChI is InChI=1S/C28H23PS2/c1-3-20(2)22-17-16-21-10-4-5-11-23(21)28(22)24-12-6-7-13-25(24)29(26-14-8-18-30-26)27-15-9-19-31-27/h3-19H,1-2H3. The molecule has 152 valence electrons. The first-order valence-corrected chi connectivity index (χ1v) is 13.5. The predicted octanol–water partition coefficient (Wildman–Crippen LogP) is 7.81. The molecule has 0 amide bonds. The average molecular weight is 455 g/mol. The quantitative estimate of drug-likeness (QED) is 0.238. The molecular formula is C28H23PS2. The van der Waals surface area contributed by atoms with Crippen molar-refractivity contribution in [2.45, 2.75) is 13.8 Å². The minimum atomic E-state index is -0.590. The SMILES string of the molecule is CC=C(C)c1ccc2ccccc2c1-c1ccccc1P(c1cccs1)c1cccs1. The highest BCUT2D eigenvalue weighted by molar-refractivity contribution is 7.87. The van der Waals surface area contributed by atoms with E-state index in [9.17, 15) is 0 Å². The smallest absolute Gasteiger partial charge is 0.0377 e. The first kappa shape index (κ1) is 20.4. The van der Waals surface area contributed by atoms with Crippen molar-refractivity contribution >= 4 is 61.5 Å². The summed E-state index contributed by atoms with van der Waals surface area (Å²) in [4.78, 5) is 0. The predicted molar refractivity (Wildman–Crippen MR) is 143 cm³/mol. The van der Waals surface area contributed by atoms with Gasteiger partial charge in [0.05, 0.1) is 0 Å². The zero-order valence-corrected chi connectivity index (χ0v) is 20.1. The van der Waals surface area contributed by atoms with E-state index in [2.05, 4.69) is 116 Å². The van der Waals surface area contributed by atoms with Gasteiger partial charge in [-0.25, -0.2) is 0 Å². The van der Waals surface area contributed by atoms with Crippen molar-refractivity contribution in [3.8, 4) is 11.1 Å². The van der Waals surface area contributed by atoms with Gasteiger partial charge in [-0.05, 0) is 75.1 Å². The Morgan fingerprint density at radius 2 is 1.42 bits per heavy atom. The van der Waals surface area contributed by atoms with Gasteiger partial charge in [0.2, 0.25) is 0 Å². The Morgan fingerprint density at radius 1 is 0.742 bits per heavy atom. The maximum Gasteiger partial charge on any atom is 0.0377 e. The van der Waals surface area contributed by atoms with Gasteiger partial charge in [0.1, 0.15) is 0 Å². The van der Waals surface area contributed by atoms with Crippen molar-refractivity contribution in [1.82, 2.24) is 0 Å². The van der Waals surface area contributed by atoms with Gasteiger partial charge < -0.3 is 0 Å². The summed E-state index contributed by atoms with van der Waals surface area (Å²) in [6.45, 7) is 4.35. The van der Waals surface area contributed by atoms with E-state index in [4.69, 9.17) is 0 Å². The second kappa shape index (κ2) is 8.93. The molecule has 0 saturated carbocycles. The first-order chi connectivity index (χ1) is 15.3. The van der Waals surface area contributed by atoms with Gasteiger partial charge in [-0.2, -0.15) is 0 Å². The van der Waals surface area contributed by atoms with Gasteiger partial charge in [-0.3, -0.25) is 0 Å². The van der Waals surface area contributed by atoms with Crippen LogP contribution in [0, 0.1) is 0 Å². The van der Waals surface area contributed by atoms with Crippen LogP contribution in [0.5, 0.6) is 0 Å². The normalized spacial score (nSPS) is 12.0. The van der Waals surface area contributed by atoms with Crippen LogP contribution in [-0.2, 0) is 0 Å². The third kappa shape index (κ3) is 3.81. The zero-order chi connectivity index (χ0) is 21.2. The highest BCUT2D eigenvalue weighted by Crippen LogP contribution is 2.43. The molecule has 0 atom stereocenters. The van der Waals surface area contributed by atoms with E-state index in [0.29, 0.717) is 0 Å². The van der Waals surface area contributed by atoms with E-state index >= 15 is 0 Å². The molecule has 0 aliphatic carbocycles. The Morgan fingerprint density at radius 3 is 2.10 bits per heavy atom. The summed E-state index contributed by atoms with van der Waals surface area (Å²) in [6.07, 6.45) is 2.22. The third-order valence-corrected chi connectivity index (χ3v) is 10.8. The van der Waals surface area contributed by atoms with Gasteiger partial charge in [0.15, 0.2) is 0 Å². The Kier molecular flexibility index (Phi) is 5.87. The van der Waals surface area contributed by atoms with E-state index in [0.717, 1.165) is 0 Å². The van der Waals surface area contributed by atoms with Crippen LogP contribution in [0.15, 0.2) is 102 Å². The monoisotopic (exact) mass is 454 g/mol. The van der Waals surface area contributed by atoms with Crippen LogP contribution in [0.3, 0.4) is 0 Å². The lowest BCUT2D eigenvalue weighted by Crippen LogP contribution is -2.19. The maximum absolute atomic E-state index is 2.34. The number of benzene rings is 3. The molecule has 3 aromatic carbocycles. The van der Waals surface area contributed by atoms with Crippen LogP contribution in [0.4, 0.5) is 0 Å². The van der Waals surface area contributed by atoms with Crippen molar-refractivity contribution in [2.24, 2.45) is 0 Å². The van der Waals surface area contributed by atoms with Crippen molar-refractivity contribution in [3.63, 3.8) is 0 Å². The molecule has 31 heavy (non-hydrogen) atoms. The second-order valence-corrected chi connectivity index (χ2v) is 12.1. The van der Waals surface area contributed by atoms with Gasteiger partial charge in [-0.1, -0.05) is 78.9 Å². The summed E-state index contributed by atoms with van der Waals surface area (Å²) in [5, 5.41) is 8.45. The molecule has 5 aromatic rings. The lowest BCUT2D eigenvalue weighted by atomic mass is 9.90. The van der Waals surface area contributed by atoms with Crippen LogP contribution < -0.4 is 14.5 Å². The van der Waals surface area contributed by atoms with Gasteiger partial charge in [0, 0.05) is 17.2 Å². The molecule has 0 radical (unpaired) electrons. The summed E-state index contributed by atoms with van der Waals surface area (Å²) in [5.41, 5.74) is 5.33. The van der Waals surface area contributed by atoms with Crippen LogP contribution >= 0.6 is 30.6 Å². The Labute approximate surface area is 193 Å². The van der Waals surface area contributed by atoms with E-state index in [1.165, 1.54) is 47.6 Å². The summed E-state index contributed by atoms with van der Waals surface area (Å²) < 4.78 is 2.91. The van der Waals surface area contributed by atoms with Crippen molar-refractivity contribution in [2.75, 3.05) is 0 Å². The van der Waals surface area contributed by atoms with Crippen molar-refractivity contribution in [1.29, 1.82) is 0 Å². The molecule has 2 heterocycles. The van der Waals surface area contributed by atoms with Crippen LogP contribution in [0.25, 0.3) is 27.5 Å². The number of hydrogen-bond donors (Lipinski definition) is 0. The van der Waals surface area contributed by atoms with E-state index in [1.54, 1.807) is 0 Å². The minimum absolute atomic E-state index is 0.590. The maximum atomic E-state index is 2.34. The largest absolute Gasteiger partial charge is 0.143 e. The molecule has 2 aromatic heterocycles. The highest BCUT2D eigenvalue weighted by Gasteiger charge is 2.24. The number of thiophene rings is 2. The van der Waals surface area contributed by atoms with Crippen LogP contribution in [0.2, 0.25) is 0 Å². The Bertz CT molecular complexity index is 1310. The topological polar surface area (TPSA) is 0 Å².